The number of thiophene rings is 1. The summed E-state index contributed by atoms with van der Waals surface area (Å²) in [5, 5.41) is 6.21. The highest BCUT2D eigenvalue weighted by atomic mass is 32.2. The van der Waals surface area contributed by atoms with Crippen LogP contribution in [0.3, 0.4) is 0 Å². The van der Waals surface area contributed by atoms with Gasteiger partial charge in [-0.1, -0.05) is 11.8 Å². The molecule has 178 valence electrons. The predicted octanol–water partition coefficient (Wildman–Crippen LogP) is 3.81. The lowest BCUT2D eigenvalue weighted by Crippen LogP contribution is -2.41. The molecule has 0 saturated heterocycles. The van der Waals surface area contributed by atoms with Crippen LogP contribution in [-0.2, 0) is 17.6 Å². The summed E-state index contributed by atoms with van der Waals surface area (Å²) < 4.78 is 7.11. The molecular weight excluding hydrogens is 472 g/mol. The lowest BCUT2D eigenvalue weighted by Gasteiger charge is -2.14. The minimum atomic E-state index is -0.480. The molecule has 3 amide bonds. The summed E-state index contributed by atoms with van der Waals surface area (Å²) in [6, 6.07) is 6.98. The summed E-state index contributed by atoms with van der Waals surface area (Å²) >= 11 is 2.73. The van der Waals surface area contributed by atoms with Crippen LogP contribution in [0.4, 0.5) is 4.79 Å². The molecule has 8 nitrogen and oxygen atoms in total. The van der Waals surface area contributed by atoms with Crippen molar-refractivity contribution in [1.82, 2.24) is 20.2 Å². The van der Waals surface area contributed by atoms with Gasteiger partial charge in [0, 0.05) is 10.9 Å². The molecular formula is C24H26N4O4S2. The Kier molecular flexibility index (Phi) is 6.60. The summed E-state index contributed by atoms with van der Waals surface area (Å²) in [6.45, 7) is 2.47. The molecule has 1 aromatic carbocycles. The predicted molar refractivity (Wildman–Crippen MR) is 133 cm³/mol. The van der Waals surface area contributed by atoms with E-state index in [1.54, 1.807) is 15.9 Å². The van der Waals surface area contributed by atoms with Crippen molar-refractivity contribution in [2.45, 2.75) is 56.6 Å². The van der Waals surface area contributed by atoms with Crippen LogP contribution in [0, 0.1) is 0 Å². The van der Waals surface area contributed by atoms with Gasteiger partial charge < -0.3 is 10.1 Å². The third-order valence-electron chi connectivity index (χ3n) is 5.86. The molecule has 2 heterocycles. The number of carbonyl (C=O) groups is 2. The second-order valence-corrected chi connectivity index (χ2v) is 10.5. The van der Waals surface area contributed by atoms with Crippen LogP contribution in [0.1, 0.15) is 43.0 Å². The Morgan fingerprint density at radius 2 is 1.97 bits per heavy atom. The van der Waals surface area contributed by atoms with Gasteiger partial charge in [-0.3, -0.25) is 19.5 Å². The number of urea groups is 1. The van der Waals surface area contributed by atoms with E-state index in [-0.39, 0.29) is 17.4 Å². The topological polar surface area (TPSA) is 102 Å². The van der Waals surface area contributed by atoms with Gasteiger partial charge in [0.2, 0.25) is 5.91 Å². The monoisotopic (exact) mass is 498 g/mol. The lowest BCUT2D eigenvalue weighted by atomic mass is 9.97. The number of imide groups is 1. The first-order valence-corrected chi connectivity index (χ1v) is 13.4. The minimum absolute atomic E-state index is 0.0296. The van der Waals surface area contributed by atoms with Crippen molar-refractivity contribution in [2.75, 3.05) is 12.4 Å². The summed E-state index contributed by atoms with van der Waals surface area (Å²) in [7, 11) is 0. The first kappa shape index (κ1) is 22.9. The molecule has 0 aliphatic heterocycles. The van der Waals surface area contributed by atoms with Gasteiger partial charge in [0.1, 0.15) is 10.6 Å². The third-order valence-corrected chi connectivity index (χ3v) is 7.99. The number of nitrogens with zero attached hydrogens (tertiary/aromatic N) is 2. The van der Waals surface area contributed by atoms with E-state index in [2.05, 4.69) is 10.6 Å². The van der Waals surface area contributed by atoms with E-state index in [9.17, 15) is 14.4 Å². The van der Waals surface area contributed by atoms with E-state index in [1.165, 1.54) is 4.88 Å². The summed E-state index contributed by atoms with van der Waals surface area (Å²) in [6.07, 6.45) is 5.94. The molecule has 10 heteroatoms. The highest BCUT2D eigenvalue weighted by Gasteiger charge is 2.25. The number of nitrogens with one attached hydrogen (secondary N) is 2. The molecule has 0 unspecified atom stereocenters. The number of aryl methyl sites for hydroxylation is 2. The van der Waals surface area contributed by atoms with Crippen molar-refractivity contribution in [3.63, 3.8) is 0 Å². The van der Waals surface area contributed by atoms with Crippen molar-refractivity contribution in [2.24, 2.45) is 0 Å². The van der Waals surface area contributed by atoms with E-state index in [0.717, 1.165) is 61.6 Å². The van der Waals surface area contributed by atoms with E-state index >= 15 is 0 Å². The Bertz CT molecular complexity index is 1300. The average Bonchev–Trinajstić information content (AvgIpc) is 3.55. The highest BCUT2D eigenvalue weighted by molar-refractivity contribution is 7.99. The van der Waals surface area contributed by atoms with E-state index in [1.807, 2.05) is 31.2 Å². The Morgan fingerprint density at radius 1 is 1.21 bits per heavy atom. The number of benzene rings is 1. The first-order valence-electron chi connectivity index (χ1n) is 11.6. The quantitative estimate of drug-likeness (QED) is 0.379. The van der Waals surface area contributed by atoms with Crippen molar-refractivity contribution in [3.05, 3.63) is 45.1 Å². The maximum absolute atomic E-state index is 13.8. The second-order valence-electron chi connectivity index (χ2n) is 8.44. The standard InChI is InChI=1S/C24H26N4O4S2/c1-2-32-16-11-9-15(10-12-16)28-22(30)20-17-5-3-4-6-18(17)34-21(20)27-24(28)33-13-19(29)26-23(31)25-14-7-8-14/h9-12,14H,2-8,13H2,1H3,(H2,25,26,29,31). The van der Waals surface area contributed by atoms with Gasteiger partial charge in [-0.2, -0.15) is 0 Å². The van der Waals surface area contributed by atoms with Gasteiger partial charge in [-0.05, 0) is 75.3 Å². The maximum Gasteiger partial charge on any atom is 0.321 e. The highest BCUT2D eigenvalue weighted by Crippen LogP contribution is 2.35. The number of carbonyl (C=O) groups excluding carboxylic acids is 2. The van der Waals surface area contributed by atoms with Crippen molar-refractivity contribution >= 4 is 45.3 Å². The number of hydrogen-bond acceptors (Lipinski definition) is 7. The molecule has 34 heavy (non-hydrogen) atoms. The molecule has 2 aliphatic carbocycles. The van der Waals surface area contributed by atoms with E-state index in [0.29, 0.717) is 27.7 Å². The second kappa shape index (κ2) is 9.79. The average molecular weight is 499 g/mol. The molecule has 2 aliphatic rings. The number of amides is 3. The normalized spacial score (nSPS) is 15.1. The Balaban J connectivity index is 1.48. The molecule has 3 aromatic rings. The first-order chi connectivity index (χ1) is 16.5. The summed E-state index contributed by atoms with van der Waals surface area (Å²) in [5.41, 5.74) is 1.66. The van der Waals surface area contributed by atoms with Crippen LogP contribution in [0.2, 0.25) is 0 Å². The zero-order chi connectivity index (χ0) is 23.7. The molecule has 2 aromatic heterocycles. The van der Waals surface area contributed by atoms with Crippen LogP contribution in [0.15, 0.2) is 34.2 Å². The third kappa shape index (κ3) is 4.83. The number of rotatable bonds is 7. The molecule has 1 fully saturated rings. The maximum atomic E-state index is 13.8. The van der Waals surface area contributed by atoms with E-state index in [4.69, 9.17) is 9.72 Å². The van der Waals surface area contributed by atoms with Gasteiger partial charge in [-0.25, -0.2) is 9.78 Å². The summed E-state index contributed by atoms with van der Waals surface area (Å²) in [5.74, 6) is 0.260. The Hall–Kier alpha value is -2.85. The Morgan fingerprint density at radius 3 is 2.71 bits per heavy atom. The summed E-state index contributed by atoms with van der Waals surface area (Å²) in [4.78, 5) is 44.8. The van der Waals surface area contributed by atoms with Gasteiger partial charge in [0.15, 0.2) is 5.16 Å². The van der Waals surface area contributed by atoms with Crippen LogP contribution in [0.5, 0.6) is 5.75 Å². The minimum Gasteiger partial charge on any atom is -0.494 e. The lowest BCUT2D eigenvalue weighted by molar-refractivity contribution is -0.117. The molecule has 0 radical (unpaired) electrons. The van der Waals surface area contributed by atoms with Gasteiger partial charge in [0.05, 0.1) is 23.4 Å². The van der Waals surface area contributed by atoms with E-state index < -0.39 is 11.9 Å². The molecule has 5 rings (SSSR count). The number of hydrogen-bond donors (Lipinski definition) is 2. The van der Waals surface area contributed by atoms with Crippen LogP contribution < -0.4 is 20.9 Å². The van der Waals surface area contributed by atoms with Crippen LogP contribution in [0.25, 0.3) is 15.9 Å². The molecule has 0 atom stereocenters. The van der Waals surface area contributed by atoms with Gasteiger partial charge in [-0.15, -0.1) is 11.3 Å². The van der Waals surface area contributed by atoms with Crippen molar-refractivity contribution in [3.8, 4) is 11.4 Å². The molecule has 0 spiro atoms. The van der Waals surface area contributed by atoms with Crippen LogP contribution in [-0.4, -0.2) is 39.9 Å². The van der Waals surface area contributed by atoms with Crippen molar-refractivity contribution < 1.29 is 14.3 Å². The number of ether oxygens (including phenoxy) is 1. The Labute approximate surface area is 205 Å². The largest absolute Gasteiger partial charge is 0.494 e. The number of aromatic nitrogens is 2. The van der Waals surface area contributed by atoms with Crippen LogP contribution >= 0.6 is 23.1 Å². The fourth-order valence-electron chi connectivity index (χ4n) is 4.11. The fraction of sp³-hybridized carbons (Fsp3) is 0.417. The SMILES string of the molecule is CCOc1ccc(-n2c(SCC(=O)NC(=O)NC3CC3)nc3sc4c(c3c2=O)CCCC4)cc1. The zero-order valence-electron chi connectivity index (χ0n) is 18.9. The van der Waals surface area contributed by atoms with Crippen molar-refractivity contribution in [1.29, 1.82) is 0 Å². The smallest absolute Gasteiger partial charge is 0.321 e. The van der Waals surface area contributed by atoms with Gasteiger partial charge in [0.25, 0.3) is 5.56 Å². The molecule has 0 bridgehead atoms. The fourth-order valence-corrected chi connectivity index (χ4v) is 6.23. The molecule has 2 N–H and O–H groups in total. The zero-order valence-corrected chi connectivity index (χ0v) is 20.5. The van der Waals surface area contributed by atoms with Gasteiger partial charge >= 0.3 is 6.03 Å². The molecule has 1 saturated carbocycles. The number of fused-ring (bicyclic) bond motifs is 3. The number of thioether (sulfide) groups is 1.